The van der Waals surface area contributed by atoms with Crippen LogP contribution in [0.3, 0.4) is 0 Å². The molecule has 0 bridgehead atoms. The second kappa shape index (κ2) is 5.79. The van der Waals surface area contributed by atoms with E-state index in [2.05, 4.69) is 10.4 Å². The van der Waals surface area contributed by atoms with E-state index >= 15 is 0 Å². The van der Waals surface area contributed by atoms with Gasteiger partial charge in [-0.1, -0.05) is 12.1 Å². The van der Waals surface area contributed by atoms with Crippen LogP contribution in [0.1, 0.15) is 6.92 Å². The molecular formula is C13H16N4OS. The number of nitrogen functional groups attached to an aromatic ring is 1. The summed E-state index contributed by atoms with van der Waals surface area (Å²) in [4.78, 5) is 13.0. The molecule has 2 aromatic rings. The monoisotopic (exact) mass is 276 g/mol. The number of para-hydroxylation sites is 2. The molecule has 2 rings (SSSR count). The fourth-order valence-electron chi connectivity index (χ4n) is 1.56. The lowest BCUT2D eigenvalue weighted by Crippen LogP contribution is -2.22. The van der Waals surface area contributed by atoms with E-state index in [0.717, 1.165) is 4.90 Å². The van der Waals surface area contributed by atoms with Gasteiger partial charge < -0.3 is 11.1 Å². The molecule has 1 aromatic carbocycles. The number of hydrogen-bond donors (Lipinski definition) is 2. The largest absolute Gasteiger partial charge is 0.397 e. The number of nitrogens with zero attached hydrogens (tertiary/aromatic N) is 2. The first-order valence-corrected chi connectivity index (χ1v) is 6.75. The van der Waals surface area contributed by atoms with E-state index in [0.29, 0.717) is 11.4 Å². The van der Waals surface area contributed by atoms with Gasteiger partial charge in [-0.05, 0) is 19.1 Å². The Morgan fingerprint density at radius 2 is 2.21 bits per heavy atom. The van der Waals surface area contributed by atoms with Crippen molar-refractivity contribution in [2.45, 2.75) is 17.1 Å². The summed E-state index contributed by atoms with van der Waals surface area (Å²) in [5.41, 5.74) is 7.00. The minimum absolute atomic E-state index is 0.0771. The maximum atomic E-state index is 12.1. The van der Waals surface area contributed by atoms with Gasteiger partial charge in [0.25, 0.3) is 0 Å². The van der Waals surface area contributed by atoms with E-state index in [1.165, 1.54) is 11.8 Å². The lowest BCUT2D eigenvalue weighted by atomic mass is 10.2. The van der Waals surface area contributed by atoms with Gasteiger partial charge in [0.15, 0.2) is 0 Å². The normalized spacial score (nSPS) is 12.1. The van der Waals surface area contributed by atoms with Crippen LogP contribution in [0.4, 0.5) is 11.4 Å². The molecule has 1 aromatic heterocycles. The standard InChI is InChI=1S/C13H16N4OS/c1-9(19-10-7-15-17(2)8-10)13(18)16-12-6-4-3-5-11(12)14/h3-9H,14H2,1-2H3,(H,16,18). The first kappa shape index (κ1) is 13.5. The number of aromatic nitrogens is 2. The average molecular weight is 276 g/mol. The number of carbonyl (C=O) groups is 1. The molecule has 5 nitrogen and oxygen atoms in total. The summed E-state index contributed by atoms with van der Waals surface area (Å²) in [5.74, 6) is -0.0771. The van der Waals surface area contributed by atoms with E-state index in [9.17, 15) is 4.79 Å². The van der Waals surface area contributed by atoms with Crippen molar-refractivity contribution >= 4 is 29.0 Å². The van der Waals surface area contributed by atoms with Crippen molar-refractivity contribution in [2.24, 2.45) is 7.05 Å². The van der Waals surface area contributed by atoms with Gasteiger partial charge in [0, 0.05) is 18.1 Å². The summed E-state index contributed by atoms with van der Waals surface area (Å²) in [6.07, 6.45) is 3.62. The Labute approximate surface area is 116 Å². The van der Waals surface area contributed by atoms with Crippen LogP contribution < -0.4 is 11.1 Å². The third-order valence-electron chi connectivity index (χ3n) is 2.58. The van der Waals surface area contributed by atoms with Gasteiger partial charge in [-0.3, -0.25) is 9.48 Å². The first-order chi connectivity index (χ1) is 9.06. The molecule has 6 heteroatoms. The van der Waals surface area contributed by atoms with Gasteiger partial charge in [-0.15, -0.1) is 11.8 Å². The number of thioether (sulfide) groups is 1. The van der Waals surface area contributed by atoms with Crippen molar-refractivity contribution in [3.8, 4) is 0 Å². The number of aryl methyl sites for hydroxylation is 1. The molecule has 0 saturated carbocycles. The van der Waals surface area contributed by atoms with Crippen molar-refractivity contribution in [3.63, 3.8) is 0 Å². The number of benzene rings is 1. The van der Waals surface area contributed by atoms with E-state index in [1.807, 2.05) is 32.3 Å². The first-order valence-electron chi connectivity index (χ1n) is 5.87. The van der Waals surface area contributed by atoms with E-state index in [4.69, 9.17) is 5.73 Å². The molecule has 0 spiro atoms. The minimum atomic E-state index is -0.219. The highest BCUT2D eigenvalue weighted by atomic mass is 32.2. The number of amides is 1. The van der Waals surface area contributed by atoms with Crippen LogP contribution in [0.15, 0.2) is 41.6 Å². The summed E-state index contributed by atoms with van der Waals surface area (Å²) in [6.45, 7) is 1.85. The van der Waals surface area contributed by atoms with Crippen molar-refractivity contribution < 1.29 is 4.79 Å². The van der Waals surface area contributed by atoms with Gasteiger partial charge in [-0.25, -0.2) is 0 Å². The number of nitrogens with two attached hydrogens (primary N) is 1. The second-order valence-electron chi connectivity index (χ2n) is 4.19. The zero-order chi connectivity index (χ0) is 13.8. The van der Waals surface area contributed by atoms with Crippen LogP contribution in [0.5, 0.6) is 0 Å². The van der Waals surface area contributed by atoms with Crippen molar-refractivity contribution in [1.29, 1.82) is 0 Å². The van der Waals surface area contributed by atoms with Crippen molar-refractivity contribution in [3.05, 3.63) is 36.7 Å². The van der Waals surface area contributed by atoms with Crippen LogP contribution >= 0.6 is 11.8 Å². The molecular weight excluding hydrogens is 260 g/mol. The fraction of sp³-hybridized carbons (Fsp3) is 0.231. The number of nitrogens with one attached hydrogen (secondary N) is 1. The maximum Gasteiger partial charge on any atom is 0.237 e. The minimum Gasteiger partial charge on any atom is -0.397 e. The Bertz CT molecular complexity index is 582. The smallest absolute Gasteiger partial charge is 0.237 e. The number of hydrogen-bond acceptors (Lipinski definition) is 4. The highest BCUT2D eigenvalue weighted by Gasteiger charge is 2.16. The molecule has 1 atom stereocenters. The summed E-state index contributed by atoms with van der Waals surface area (Å²) < 4.78 is 1.71. The van der Waals surface area contributed by atoms with Gasteiger partial charge in [0.2, 0.25) is 5.91 Å². The molecule has 0 fully saturated rings. The second-order valence-corrected chi connectivity index (χ2v) is 5.60. The van der Waals surface area contributed by atoms with Gasteiger partial charge in [0.1, 0.15) is 0 Å². The van der Waals surface area contributed by atoms with Crippen molar-refractivity contribution in [1.82, 2.24) is 9.78 Å². The van der Waals surface area contributed by atoms with Gasteiger partial charge in [0.05, 0.1) is 22.8 Å². The zero-order valence-corrected chi connectivity index (χ0v) is 11.6. The quantitative estimate of drug-likeness (QED) is 0.662. The third-order valence-corrected chi connectivity index (χ3v) is 3.63. The third kappa shape index (κ3) is 3.51. The molecule has 100 valence electrons. The van der Waals surface area contributed by atoms with Crippen LogP contribution in [0.25, 0.3) is 0 Å². The lowest BCUT2D eigenvalue weighted by Gasteiger charge is -2.12. The molecule has 0 saturated heterocycles. The van der Waals surface area contributed by atoms with Crippen LogP contribution in [-0.2, 0) is 11.8 Å². The topological polar surface area (TPSA) is 72.9 Å². The number of carbonyl (C=O) groups excluding carboxylic acids is 1. The Balaban J connectivity index is 1.98. The predicted octanol–water partition coefficient (Wildman–Crippen LogP) is 2.12. The average Bonchev–Trinajstić information content (AvgIpc) is 2.77. The molecule has 0 radical (unpaired) electrons. The Morgan fingerprint density at radius 1 is 1.47 bits per heavy atom. The van der Waals surface area contributed by atoms with E-state index in [1.54, 1.807) is 23.0 Å². The van der Waals surface area contributed by atoms with E-state index < -0.39 is 0 Å². The molecule has 3 N–H and O–H groups in total. The Morgan fingerprint density at radius 3 is 2.84 bits per heavy atom. The highest BCUT2D eigenvalue weighted by Crippen LogP contribution is 2.24. The summed E-state index contributed by atoms with van der Waals surface area (Å²) >= 11 is 1.46. The Hall–Kier alpha value is -1.95. The SMILES string of the molecule is CC(Sc1cnn(C)c1)C(=O)Nc1ccccc1N. The zero-order valence-electron chi connectivity index (χ0n) is 10.8. The highest BCUT2D eigenvalue weighted by molar-refractivity contribution is 8.00. The summed E-state index contributed by atoms with van der Waals surface area (Å²) in [6, 6.07) is 7.22. The molecule has 0 aliphatic rings. The predicted molar refractivity (Wildman–Crippen MR) is 78.0 cm³/mol. The summed E-state index contributed by atoms with van der Waals surface area (Å²) in [7, 11) is 1.85. The van der Waals surface area contributed by atoms with Gasteiger partial charge >= 0.3 is 0 Å². The van der Waals surface area contributed by atoms with E-state index in [-0.39, 0.29) is 11.2 Å². The fourth-order valence-corrected chi connectivity index (χ4v) is 2.46. The molecule has 0 aliphatic carbocycles. The van der Waals surface area contributed by atoms with Crippen LogP contribution in [0.2, 0.25) is 0 Å². The molecule has 1 unspecified atom stereocenters. The van der Waals surface area contributed by atoms with Gasteiger partial charge in [-0.2, -0.15) is 5.10 Å². The van der Waals surface area contributed by atoms with Crippen LogP contribution in [-0.4, -0.2) is 20.9 Å². The summed E-state index contributed by atoms with van der Waals surface area (Å²) in [5, 5.41) is 6.68. The molecule has 1 heterocycles. The lowest BCUT2D eigenvalue weighted by molar-refractivity contribution is -0.115. The number of anilines is 2. The van der Waals surface area contributed by atoms with Crippen LogP contribution in [0, 0.1) is 0 Å². The Kier molecular flexibility index (Phi) is 4.11. The molecule has 19 heavy (non-hydrogen) atoms. The molecule has 1 amide bonds. The number of rotatable bonds is 4. The van der Waals surface area contributed by atoms with Crippen molar-refractivity contribution in [2.75, 3.05) is 11.1 Å². The molecule has 0 aliphatic heterocycles. The maximum absolute atomic E-state index is 12.1.